The van der Waals surface area contributed by atoms with Crippen molar-refractivity contribution in [1.82, 2.24) is 14.6 Å². The summed E-state index contributed by atoms with van der Waals surface area (Å²) in [6.45, 7) is 3.56. The SMILES string of the molecule is Cc1cc(NC(=O)C2CCN(C(=O)c3cccn3Cc3ccccc3)CC2)no1. The first kappa shape index (κ1) is 19.0. The first-order valence-electron chi connectivity index (χ1n) is 9.82. The molecular weight excluding hydrogens is 368 g/mol. The number of piperidine rings is 1. The molecule has 1 aromatic carbocycles. The fourth-order valence-electron chi connectivity index (χ4n) is 3.69. The van der Waals surface area contributed by atoms with E-state index in [0.29, 0.717) is 49.7 Å². The number of anilines is 1. The normalized spacial score (nSPS) is 14.7. The first-order valence-corrected chi connectivity index (χ1v) is 9.82. The maximum absolute atomic E-state index is 13.0. The van der Waals surface area contributed by atoms with E-state index in [9.17, 15) is 9.59 Å². The van der Waals surface area contributed by atoms with E-state index in [1.807, 2.05) is 46.0 Å². The quantitative estimate of drug-likeness (QED) is 0.722. The van der Waals surface area contributed by atoms with Gasteiger partial charge in [0.05, 0.1) is 0 Å². The molecule has 0 spiro atoms. The molecule has 0 aliphatic carbocycles. The molecule has 0 radical (unpaired) electrons. The minimum atomic E-state index is -0.132. The van der Waals surface area contributed by atoms with Crippen molar-refractivity contribution in [3.05, 3.63) is 71.7 Å². The number of carbonyl (C=O) groups is 2. The molecule has 2 aromatic heterocycles. The van der Waals surface area contributed by atoms with Gasteiger partial charge < -0.3 is 19.3 Å². The molecule has 1 aliphatic heterocycles. The Balaban J connectivity index is 1.35. The first-order chi connectivity index (χ1) is 14.1. The predicted molar refractivity (Wildman–Crippen MR) is 108 cm³/mol. The minimum absolute atomic E-state index is 0.0110. The van der Waals surface area contributed by atoms with Gasteiger partial charge in [-0.3, -0.25) is 9.59 Å². The summed E-state index contributed by atoms with van der Waals surface area (Å²) in [7, 11) is 0. The maximum Gasteiger partial charge on any atom is 0.270 e. The third-order valence-electron chi connectivity index (χ3n) is 5.28. The number of nitrogens with zero attached hydrogens (tertiary/aromatic N) is 3. The Bertz CT molecular complexity index is 984. The summed E-state index contributed by atoms with van der Waals surface area (Å²) in [4.78, 5) is 27.3. The summed E-state index contributed by atoms with van der Waals surface area (Å²) < 4.78 is 6.95. The predicted octanol–water partition coefficient (Wildman–Crippen LogP) is 3.32. The highest BCUT2D eigenvalue weighted by atomic mass is 16.5. The van der Waals surface area contributed by atoms with Crippen molar-refractivity contribution in [2.75, 3.05) is 18.4 Å². The molecule has 1 fully saturated rings. The van der Waals surface area contributed by atoms with Crippen LogP contribution < -0.4 is 5.32 Å². The molecule has 1 N–H and O–H groups in total. The smallest absolute Gasteiger partial charge is 0.270 e. The number of hydrogen-bond acceptors (Lipinski definition) is 4. The van der Waals surface area contributed by atoms with Gasteiger partial charge in [-0.2, -0.15) is 0 Å². The second-order valence-corrected chi connectivity index (χ2v) is 7.39. The summed E-state index contributed by atoms with van der Waals surface area (Å²) in [6.07, 6.45) is 3.20. The number of nitrogens with one attached hydrogen (secondary N) is 1. The van der Waals surface area contributed by atoms with Crippen LogP contribution in [0.1, 0.15) is 34.7 Å². The summed E-state index contributed by atoms with van der Waals surface area (Å²) in [5.41, 5.74) is 1.83. The van der Waals surface area contributed by atoms with Crippen LogP contribution in [0.15, 0.2) is 59.3 Å². The van der Waals surface area contributed by atoms with Gasteiger partial charge in [0.25, 0.3) is 5.91 Å². The Hall–Kier alpha value is -3.35. The van der Waals surface area contributed by atoms with E-state index in [2.05, 4.69) is 22.6 Å². The highest BCUT2D eigenvalue weighted by molar-refractivity contribution is 5.94. The molecule has 29 heavy (non-hydrogen) atoms. The second-order valence-electron chi connectivity index (χ2n) is 7.39. The van der Waals surface area contributed by atoms with Crippen LogP contribution in [0.4, 0.5) is 5.82 Å². The number of amides is 2. The van der Waals surface area contributed by atoms with E-state index in [0.717, 1.165) is 5.56 Å². The number of benzene rings is 1. The number of hydrogen-bond donors (Lipinski definition) is 1. The maximum atomic E-state index is 13.0. The van der Waals surface area contributed by atoms with Gasteiger partial charge in [-0.05, 0) is 37.5 Å². The van der Waals surface area contributed by atoms with E-state index >= 15 is 0 Å². The molecule has 150 valence electrons. The van der Waals surface area contributed by atoms with Crippen LogP contribution >= 0.6 is 0 Å². The monoisotopic (exact) mass is 392 g/mol. The third-order valence-corrected chi connectivity index (χ3v) is 5.28. The molecular formula is C22H24N4O3. The van der Waals surface area contributed by atoms with Crippen molar-refractivity contribution in [3.8, 4) is 0 Å². The van der Waals surface area contributed by atoms with Gasteiger partial charge in [0.1, 0.15) is 11.5 Å². The Morgan fingerprint density at radius 2 is 1.90 bits per heavy atom. The van der Waals surface area contributed by atoms with Crippen LogP contribution in [0.3, 0.4) is 0 Å². The van der Waals surface area contributed by atoms with Gasteiger partial charge >= 0.3 is 0 Å². The van der Waals surface area contributed by atoms with Crippen molar-refractivity contribution in [3.63, 3.8) is 0 Å². The summed E-state index contributed by atoms with van der Waals surface area (Å²) in [5.74, 6) is 0.894. The van der Waals surface area contributed by atoms with Crippen LogP contribution in [0, 0.1) is 12.8 Å². The molecule has 0 atom stereocenters. The van der Waals surface area contributed by atoms with Crippen molar-refractivity contribution in [2.45, 2.75) is 26.3 Å². The Kier molecular flexibility index (Phi) is 5.46. The van der Waals surface area contributed by atoms with E-state index in [4.69, 9.17) is 4.52 Å². The average Bonchev–Trinajstić information content (AvgIpc) is 3.37. The number of aryl methyl sites for hydroxylation is 1. The lowest BCUT2D eigenvalue weighted by atomic mass is 9.95. The number of rotatable bonds is 5. The highest BCUT2D eigenvalue weighted by Crippen LogP contribution is 2.21. The third kappa shape index (κ3) is 4.39. The lowest BCUT2D eigenvalue weighted by Gasteiger charge is -2.31. The Labute approximate surface area is 169 Å². The van der Waals surface area contributed by atoms with E-state index < -0.39 is 0 Å². The van der Waals surface area contributed by atoms with Gasteiger partial charge in [0.2, 0.25) is 5.91 Å². The Morgan fingerprint density at radius 3 is 2.59 bits per heavy atom. The standard InChI is InChI=1S/C22H24N4O3/c1-16-14-20(24-29-16)23-21(27)18-9-12-25(13-10-18)22(28)19-8-5-11-26(19)15-17-6-3-2-4-7-17/h2-8,11,14,18H,9-10,12-13,15H2,1H3,(H,23,24,27). The largest absolute Gasteiger partial charge is 0.360 e. The van der Waals surface area contributed by atoms with E-state index in [1.54, 1.807) is 13.0 Å². The van der Waals surface area contributed by atoms with Gasteiger partial charge in [0, 0.05) is 37.8 Å². The molecule has 2 amide bonds. The van der Waals surface area contributed by atoms with Crippen LogP contribution in [0.5, 0.6) is 0 Å². The summed E-state index contributed by atoms with van der Waals surface area (Å²) in [5, 5.41) is 6.59. The molecule has 4 rings (SSSR count). The fourth-order valence-corrected chi connectivity index (χ4v) is 3.69. The minimum Gasteiger partial charge on any atom is -0.360 e. The summed E-state index contributed by atoms with van der Waals surface area (Å²) >= 11 is 0. The zero-order valence-electron chi connectivity index (χ0n) is 16.4. The second kappa shape index (κ2) is 8.34. The molecule has 1 saturated heterocycles. The lowest BCUT2D eigenvalue weighted by Crippen LogP contribution is -2.42. The molecule has 0 saturated carbocycles. The molecule has 0 unspecified atom stereocenters. The van der Waals surface area contributed by atoms with Gasteiger partial charge in [-0.25, -0.2) is 0 Å². The number of likely N-dealkylation sites (tertiary alicyclic amines) is 1. The van der Waals surface area contributed by atoms with Crippen LogP contribution in [0.2, 0.25) is 0 Å². The average molecular weight is 392 g/mol. The van der Waals surface area contributed by atoms with Crippen molar-refractivity contribution < 1.29 is 14.1 Å². The zero-order chi connectivity index (χ0) is 20.2. The molecule has 3 aromatic rings. The van der Waals surface area contributed by atoms with Crippen molar-refractivity contribution in [1.29, 1.82) is 0 Å². The van der Waals surface area contributed by atoms with E-state index in [-0.39, 0.29) is 17.7 Å². The van der Waals surface area contributed by atoms with Gasteiger partial charge in [0.15, 0.2) is 5.82 Å². The van der Waals surface area contributed by atoms with Crippen LogP contribution in [-0.4, -0.2) is 39.5 Å². The summed E-state index contributed by atoms with van der Waals surface area (Å²) in [6, 6.07) is 15.5. The molecule has 7 nitrogen and oxygen atoms in total. The molecule has 0 bridgehead atoms. The zero-order valence-corrected chi connectivity index (χ0v) is 16.4. The van der Waals surface area contributed by atoms with Gasteiger partial charge in [-0.15, -0.1) is 0 Å². The van der Waals surface area contributed by atoms with Crippen LogP contribution in [0.25, 0.3) is 0 Å². The van der Waals surface area contributed by atoms with Crippen molar-refractivity contribution >= 4 is 17.6 Å². The molecule has 3 heterocycles. The molecule has 7 heteroatoms. The fraction of sp³-hybridized carbons (Fsp3) is 0.318. The topological polar surface area (TPSA) is 80.4 Å². The number of carbonyl (C=O) groups excluding carboxylic acids is 2. The number of aromatic nitrogens is 2. The van der Waals surface area contributed by atoms with Gasteiger partial charge in [-0.1, -0.05) is 35.5 Å². The van der Waals surface area contributed by atoms with Crippen molar-refractivity contribution in [2.24, 2.45) is 5.92 Å². The van der Waals surface area contributed by atoms with E-state index in [1.165, 1.54) is 0 Å². The van der Waals surface area contributed by atoms with Crippen LogP contribution in [-0.2, 0) is 11.3 Å². The lowest BCUT2D eigenvalue weighted by molar-refractivity contribution is -0.121. The Morgan fingerprint density at radius 1 is 1.14 bits per heavy atom. The highest BCUT2D eigenvalue weighted by Gasteiger charge is 2.29. The molecule has 1 aliphatic rings.